The summed E-state index contributed by atoms with van der Waals surface area (Å²) in [6, 6.07) is 4.89. The van der Waals surface area contributed by atoms with Gasteiger partial charge in [-0.25, -0.2) is 14.4 Å². The van der Waals surface area contributed by atoms with E-state index in [1.54, 1.807) is 35.4 Å². The van der Waals surface area contributed by atoms with Gasteiger partial charge < -0.3 is 10.5 Å². The van der Waals surface area contributed by atoms with E-state index in [0.29, 0.717) is 65.9 Å². The van der Waals surface area contributed by atoms with Crippen LogP contribution >= 0.6 is 0 Å². The zero-order chi connectivity index (χ0) is 24.4. The number of aromatic nitrogens is 7. The van der Waals surface area contributed by atoms with Gasteiger partial charge >= 0.3 is 0 Å². The van der Waals surface area contributed by atoms with Crippen LogP contribution in [0.15, 0.2) is 36.8 Å². The van der Waals surface area contributed by atoms with Gasteiger partial charge in [0.2, 0.25) is 5.91 Å². The van der Waals surface area contributed by atoms with Crippen LogP contribution in [0.1, 0.15) is 32.0 Å². The van der Waals surface area contributed by atoms with E-state index in [-0.39, 0.29) is 11.8 Å². The molecule has 182 valence electrons. The fourth-order valence-corrected chi connectivity index (χ4v) is 4.61. The molecule has 1 aromatic carbocycles. The minimum Gasteiger partial charge on any atom is -0.380 e. The maximum atomic E-state index is 15.1. The Morgan fingerprint density at radius 2 is 2.17 bits per heavy atom. The lowest BCUT2D eigenvalue weighted by molar-refractivity contribution is -0.121. The SMILES string of the molecule is CCOCCn1cc(-c2ccc(-n3nnc4cnc(C[C@@H]5CC[C@@H](C(N)=O)C5)nc43)cc2F)cn1. The Bertz CT molecular complexity index is 1350. The molecule has 2 atom stereocenters. The third-order valence-electron chi connectivity index (χ3n) is 6.47. The third kappa shape index (κ3) is 4.90. The Morgan fingerprint density at radius 3 is 2.94 bits per heavy atom. The number of nitrogens with two attached hydrogens (primary N) is 1. The molecule has 1 aliphatic rings. The molecule has 11 heteroatoms. The lowest BCUT2D eigenvalue weighted by Gasteiger charge is -2.09. The van der Waals surface area contributed by atoms with Crippen molar-refractivity contribution in [2.75, 3.05) is 13.2 Å². The molecule has 0 bridgehead atoms. The number of hydrogen-bond acceptors (Lipinski definition) is 7. The highest BCUT2D eigenvalue weighted by molar-refractivity contribution is 5.77. The Balaban J connectivity index is 1.36. The summed E-state index contributed by atoms with van der Waals surface area (Å²) < 4.78 is 23.7. The van der Waals surface area contributed by atoms with Crippen LogP contribution < -0.4 is 5.73 Å². The van der Waals surface area contributed by atoms with Crippen molar-refractivity contribution in [1.82, 2.24) is 34.7 Å². The molecule has 1 fully saturated rings. The van der Waals surface area contributed by atoms with Crippen LogP contribution in [0, 0.1) is 17.7 Å². The number of amides is 1. The normalized spacial score (nSPS) is 17.9. The molecule has 0 unspecified atom stereocenters. The van der Waals surface area contributed by atoms with E-state index in [1.165, 1.54) is 10.7 Å². The zero-order valence-electron chi connectivity index (χ0n) is 19.5. The van der Waals surface area contributed by atoms with Crippen LogP contribution in [0.2, 0.25) is 0 Å². The molecular formula is C24H27FN8O2. The predicted octanol–water partition coefficient (Wildman–Crippen LogP) is 2.69. The van der Waals surface area contributed by atoms with Gasteiger partial charge in [-0.3, -0.25) is 9.48 Å². The number of nitrogens with zero attached hydrogens (tertiary/aromatic N) is 7. The summed E-state index contributed by atoms with van der Waals surface area (Å²) in [7, 11) is 0. The van der Waals surface area contributed by atoms with Gasteiger partial charge in [-0.1, -0.05) is 5.21 Å². The average Bonchev–Trinajstić information content (AvgIpc) is 3.59. The van der Waals surface area contributed by atoms with Gasteiger partial charge in [0, 0.05) is 42.3 Å². The fourth-order valence-electron chi connectivity index (χ4n) is 4.61. The van der Waals surface area contributed by atoms with E-state index in [1.807, 2.05) is 6.92 Å². The Labute approximate surface area is 201 Å². The largest absolute Gasteiger partial charge is 0.380 e. The molecule has 1 saturated carbocycles. The number of carbonyl (C=O) groups is 1. The van der Waals surface area contributed by atoms with Crippen molar-refractivity contribution in [2.45, 2.75) is 39.2 Å². The number of primary amides is 1. The van der Waals surface area contributed by atoms with Crippen molar-refractivity contribution in [1.29, 1.82) is 0 Å². The first kappa shape index (κ1) is 23.0. The van der Waals surface area contributed by atoms with Crippen LogP contribution in [0.4, 0.5) is 4.39 Å². The van der Waals surface area contributed by atoms with Gasteiger partial charge in [-0.15, -0.1) is 5.10 Å². The summed E-state index contributed by atoms with van der Waals surface area (Å²) >= 11 is 0. The van der Waals surface area contributed by atoms with E-state index < -0.39 is 5.82 Å². The summed E-state index contributed by atoms with van der Waals surface area (Å²) in [6.07, 6.45) is 8.19. The molecule has 1 amide bonds. The number of fused-ring (bicyclic) bond motifs is 1. The van der Waals surface area contributed by atoms with Gasteiger partial charge in [-0.05, 0) is 44.2 Å². The Kier molecular flexibility index (Phi) is 6.49. The van der Waals surface area contributed by atoms with E-state index in [4.69, 9.17) is 10.5 Å². The van der Waals surface area contributed by atoms with Gasteiger partial charge in [0.25, 0.3) is 0 Å². The van der Waals surface area contributed by atoms with Crippen molar-refractivity contribution in [2.24, 2.45) is 17.6 Å². The molecule has 2 N–H and O–H groups in total. The number of halogens is 1. The Hall–Kier alpha value is -3.73. The lowest BCUT2D eigenvalue weighted by Crippen LogP contribution is -2.21. The maximum absolute atomic E-state index is 15.1. The van der Waals surface area contributed by atoms with Crippen molar-refractivity contribution in [3.8, 4) is 16.8 Å². The van der Waals surface area contributed by atoms with Gasteiger partial charge in [-0.2, -0.15) is 9.78 Å². The van der Waals surface area contributed by atoms with Crippen LogP contribution in [-0.2, 0) is 22.5 Å². The van der Waals surface area contributed by atoms with Crippen LogP contribution in [0.5, 0.6) is 0 Å². The van der Waals surface area contributed by atoms with Crippen molar-refractivity contribution >= 4 is 17.1 Å². The Morgan fingerprint density at radius 1 is 1.29 bits per heavy atom. The van der Waals surface area contributed by atoms with Crippen molar-refractivity contribution in [3.63, 3.8) is 0 Å². The van der Waals surface area contributed by atoms with Gasteiger partial charge in [0.15, 0.2) is 11.2 Å². The molecule has 3 aromatic heterocycles. The number of hydrogen-bond donors (Lipinski definition) is 1. The molecule has 0 aliphatic heterocycles. The molecule has 4 aromatic rings. The fraction of sp³-hybridized carbons (Fsp3) is 0.417. The maximum Gasteiger partial charge on any atom is 0.220 e. The molecule has 10 nitrogen and oxygen atoms in total. The summed E-state index contributed by atoms with van der Waals surface area (Å²) in [5.41, 5.74) is 8.13. The second-order valence-electron chi connectivity index (χ2n) is 8.83. The second kappa shape index (κ2) is 9.87. The third-order valence-corrected chi connectivity index (χ3v) is 6.47. The molecule has 0 spiro atoms. The summed E-state index contributed by atoms with van der Waals surface area (Å²) in [5.74, 6) is 0.241. The highest BCUT2D eigenvalue weighted by Crippen LogP contribution is 2.32. The quantitative estimate of drug-likeness (QED) is 0.367. The monoisotopic (exact) mass is 478 g/mol. The molecule has 35 heavy (non-hydrogen) atoms. The van der Waals surface area contributed by atoms with Crippen LogP contribution in [0.25, 0.3) is 28.0 Å². The van der Waals surface area contributed by atoms with E-state index in [0.717, 1.165) is 19.3 Å². The van der Waals surface area contributed by atoms with Crippen molar-refractivity contribution in [3.05, 3.63) is 48.4 Å². The van der Waals surface area contributed by atoms with Crippen LogP contribution in [0.3, 0.4) is 0 Å². The average molecular weight is 479 g/mol. The summed E-state index contributed by atoms with van der Waals surface area (Å²) in [6.45, 7) is 3.73. The van der Waals surface area contributed by atoms with Gasteiger partial charge in [0.05, 0.1) is 31.2 Å². The first-order valence-corrected chi connectivity index (χ1v) is 11.8. The molecule has 0 saturated heterocycles. The van der Waals surface area contributed by atoms with Crippen molar-refractivity contribution < 1.29 is 13.9 Å². The smallest absolute Gasteiger partial charge is 0.220 e. The highest BCUT2D eigenvalue weighted by Gasteiger charge is 2.29. The molecule has 0 radical (unpaired) electrons. The molecular weight excluding hydrogens is 451 g/mol. The van der Waals surface area contributed by atoms with E-state index >= 15 is 4.39 Å². The van der Waals surface area contributed by atoms with E-state index in [2.05, 4.69) is 25.4 Å². The first-order chi connectivity index (χ1) is 17.0. The van der Waals surface area contributed by atoms with Gasteiger partial charge in [0.1, 0.15) is 11.6 Å². The zero-order valence-corrected chi connectivity index (χ0v) is 19.5. The number of carbonyl (C=O) groups excluding carboxylic acids is 1. The first-order valence-electron chi connectivity index (χ1n) is 11.8. The summed E-state index contributed by atoms with van der Waals surface area (Å²) in [5, 5.41) is 12.6. The minimum absolute atomic E-state index is 0.0748. The number of benzene rings is 1. The summed E-state index contributed by atoms with van der Waals surface area (Å²) in [4.78, 5) is 20.5. The van der Waals surface area contributed by atoms with Crippen LogP contribution in [-0.4, -0.2) is 53.9 Å². The predicted molar refractivity (Wildman–Crippen MR) is 126 cm³/mol. The minimum atomic E-state index is -0.395. The molecule has 3 heterocycles. The number of rotatable bonds is 9. The molecule has 5 rings (SSSR count). The lowest BCUT2D eigenvalue weighted by atomic mass is 10.0. The number of ether oxygens (including phenoxy) is 1. The topological polar surface area (TPSA) is 127 Å². The standard InChI is InChI=1S/C24H27FN8O2/c1-2-35-8-7-32-14-17(12-28-32)19-6-5-18(11-20(19)25)33-24-21(30-31-33)13-27-22(29-24)10-15-3-4-16(9-15)23(26)34/h5-6,11-16H,2-4,7-10H2,1H3,(H2,26,34)/t15-,16-/m1/s1. The molecule has 1 aliphatic carbocycles. The highest BCUT2D eigenvalue weighted by atomic mass is 19.1. The second-order valence-corrected chi connectivity index (χ2v) is 8.83. The van der Waals surface area contributed by atoms with E-state index in [9.17, 15) is 4.79 Å².